The van der Waals surface area contributed by atoms with Gasteiger partial charge in [-0.05, 0) is 36.4 Å². The Morgan fingerprint density at radius 1 is 1.00 bits per heavy atom. The number of methoxy groups -OCH3 is 1. The molecule has 138 valence electrons. The molecular formula is C18H16F3NO4. The summed E-state index contributed by atoms with van der Waals surface area (Å²) in [6.45, 7) is 0. The highest BCUT2D eigenvalue weighted by atomic mass is 19.4. The van der Waals surface area contributed by atoms with Crippen LogP contribution in [-0.4, -0.2) is 25.2 Å². The number of ketones is 1. The number of rotatable bonds is 7. The first kappa shape index (κ1) is 19.3. The predicted molar refractivity (Wildman–Crippen MR) is 88.3 cm³/mol. The maximum atomic E-state index is 12.4. The Hall–Kier alpha value is -3.03. The first-order chi connectivity index (χ1) is 12.3. The van der Waals surface area contributed by atoms with Crippen molar-refractivity contribution in [2.24, 2.45) is 0 Å². The van der Waals surface area contributed by atoms with Crippen LogP contribution in [0.15, 0.2) is 48.5 Å². The van der Waals surface area contributed by atoms with Gasteiger partial charge in [-0.1, -0.05) is 12.1 Å². The summed E-state index contributed by atoms with van der Waals surface area (Å²) in [5, 5.41) is 2.32. The van der Waals surface area contributed by atoms with Gasteiger partial charge in [-0.25, -0.2) is 0 Å². The zero-order valence-corrected chi connectivity index (χ0v) is 13.8. The minimum absolute atomic E-state index is 0.0829. The molecule has 0 saturated carbocycles. The lowest BCUT2D eigenvalue weighted by atomic mass is 10.1. The fourth-order valence-electron chi connectivity index (χ4n) is 2.14. The topological polar surface area (TPSA) is 64.6 Å². The molecule has 2 aromatic rings. The van der Waals surface area contributed by atoms with Crippen molar-refractivity contribution in [2.45, 2.75) is 19.2 Å². The van der Waals surface area contributed by atoms with Crippen molar-refractivity contribution in [2.75, 3.05) is 12.4 Å². The van der Waals surface area contributed by atoms with Gasteiger partial charge >= 0.3 is 6.36 Å². The van der Waals surface area contributed by atoms with E-state index >= 15 is 0 Å². The first-order valence-corrected chi connectivity index (χ1v) is 7.60. The van der Waals surface area contributed by atoms with E-state index in [1.165, 1.54) is 25.3 Å². The summed E-state index contributed by atoms with van der Waals surface area (Å²) in [6, 6.07) is 11.6. The van der Waals surface area contributed by atoms with Gasteiger partial charge in [0.1, 0.15) is 5.75 Å². The van der Waals surface area contributed by atoms with Crippen molar-refractivity contribution in [1.82, 2.24) is 0 Å². The van der Waals surface area contributed by atoms with Crippen molar-refractivity contribution in [3.05, 3.63) is 54.1 Å². The molecule has 0 heterocycles. The normalized spacial score (nSPS) is 10.9. The van der Waals surface area contributed by atoms with E-state index in [9.17, 15) is 22.8 Å². The van der Waals surface area contributed by atoms with Crippen LogP contribution < -0.4 is 14.8 Å². The molecule has 0 bridgehead atoms. The van der Waals surface area contributed by atoms with Crippen molar-refractivity contribution in [3.8, 4) is 11.5 Å². The Morgan fingerprint density at radius 3 is 2.27 bits per heavy atom. The third kappa shape index (κ3) is 5.80. The number of benzene rings is 2. The third-order valence-corrected chi connectivity index (χ3v) is 3.38. The van der Waals surface area contributed by atoms with Crippen LogP contribution in [0.2, 0.25) is 0 Å². The Labute approximate surface area is 147 Å². The Morgan fingerprint density at radius 2 is 1.65 bits per heavy atom. The average Bonchev–Trinajstić information content (AvgIpc) is 2.60. The molecule has 0 aliphatic carbocycles. The van der Waals surface area contributed by atoms with Crippen molar-refractivity contribution < 1.29 is 32.2 Å². The molecule has 0 atom stereocenters. The summed E-state index contributed by atoms with van der Waals surface area (Å²) >= 11 is 0. The Kier molecular flexibility index (Phi) is 6.21. The van der Waals surface area contributed by atoms with Crippen LogP contribution in [0.25, 0.3) is 0 Å². The molecule has 1 N–H and O–H groups in total. The maximum Gasteiger partial charge on any atom is 0.573 e. The van der Waals surface area contributed by atoms with E-state index < -0.39 is 18.0 Å². The van der Waals surface area contributed by atoms with Crippen LogP contribution in [0.3, 0.4) is 0 Å². The molecule has 8 heteroatoms. The van der Waals surface area contributed by atoms with E-state index in [1.54, 1.807) is 24.3 Å². The van der Waals surface area contributed by atoms with Gasteiger partial charge in [-0.2, -0.15) is 0 Å². The fraction of sp³-hybridized carbons (Fsp3) is 0.222. The highest BCUT2D eigenvalue weighted by molar-refractivity contribution is 6.00. The summed E-state index contributed by atoms with van der Waals surface area (Å²) in [5.41, 5.74) is 0.297. The van der Waals surface area contributed by atoms with Gasteiger partial charge in [0.25, 0.3) is 0 Å². The lowest BCUT2D eigenvalue weighted by molar-refractivity contribution is -0.274. The molecule has 2 aromatic carbocycles. The van der Waals surface area contributed by atoms with Gasteiger partial charge in [0.05, 0.1) is 12.8 Å². The average molecular weight is 367 g/mol. The number of hydrogen-bond donors (Lipinski definition) is 1. The van der Waals surface area contributed by atoms with Crippen LogP contribution in [0.5, 0.6) is 11.5 Å². The predicted octanol–water partition coefficient (Wildman–Crippen LogP) is 4.20. The standard InChI is InChI=1S/C18H16F3NO4/c1-25-13-8-6-12(7-9-13)15(23)10-11-17(24)22-14-4-2-3-5-16(14)26-18(19,20)21/h2-9H,10-11H2,1H3,(H,22,24). The molecule has 0 spiro atoms. The zero-order valence-electron chi connectivity index (χ0n) is 13.8. The second-order valence-electron chi connectivity index (χ2n) is 5.24. The van der Waals surface area contributed by atoms with Gasteiger partial charge < -0.3 is 14.8 Å². The highest BCUT2D eigenvalue weighted by Gasteiger charge is 2.32. The Bertz CT molecular complexity index is 773. The molecule has 0 aromatic heterocycles. The second kappa shape index (κ2) is 8.37. The quantitative estimate of drug-likeness (QED) is 0.745. The summed E-state index contributed by atoms with van der Waals surface area (Å²) in [7, 11) is 1.50. The molecule has 5 nitrogen and oxygen atoms in total. The number of halogens is 3. The fourth-order valence-corrected chi connectivity index (χ4v) is 2.14. The molecule has 0 aliphatic heterocycles. The third-order valence-electron chi connectivity index (χ3n) is 3.38. The van der Waals surface area contributed by atoms with Gasteiger partial charge in [-0.15, -0.1) is 13.2 Å². The van der Waals surface area contributed by atoms with Gasteiger partial charge in [0.2, 0.25) is 5.91 Å². The number of carbonyl (C=O) groups excluding carboxylic acids is 2. The highest BCUT2D eigenvalue weighted by Crippen LogP contribution is 2.30. The number of alkyl halides is 3. The molecule has 2 rings (SSSR count). The van der Waals surface area contributed by atoms with Crippen LogP contribution in [0, 0.1) is 0 Å². The number of para-hydroxylation sites is 2. The number of Topliss-reactive ketones (excluding diaryl/α,β-unsaturated/α-hetero) is 1. The molecular weight excluding hydrogens is 351 g/mol. The smallest absolute Gasteiger partial charge is 0.497 e. The van der Waals surface area contributed by atoms with Crippen LogP contribution in [-0.2, 0) is 4.79 Å². The maximum absolute atomic E-state index is 12.4. The lowest BCUT2D eigenvalue weighted by Gasteiger charge is -2.13. The monoisotopic (exact) mass is 367 g/mol. The lowest BCUT2D eigenvalue weighted by Crippen LogP contribution is -2.19. The van der Waals surface area contributed by atoms with E-state index in [-0.39, 0.29) is 24.3 Å². The number of ether oxygens (including phenoxy) is 2. The summed E-state index contributed by atoms with van der Waals surface area (Å²) in [4.78, 5) is 24.0. The summed E-state index contributed by atoms with van der Waals surface area (Å²) in [5.74, 6) is -0.775. The molecule has 0 radical (unpaired) electrons. The number of carbonyl (C=O) groups is 2. The van der Waals surface area contributed by atoms with E-state index in [0.29, 0.717) is 11.3 Å². The molecule has 0 aliphatic rings. The van der Waals surface area contributed by atoms with E-state index in [1.807, 2.05) is 0 Å². The molecule has 0 unspecified atom stereocenters. The van der Waals surface area contributed by atoms with Crippen LogP contribution in [0.1, 0.15) is 23.2 Å². The number of hydrogen-bond acceptors (Lipinski definition) is 4. The number of amides is 1. The second-order valence-corrected chi connectivity index (χ2v) is 5.24. The van der Waals surface area contributed by atoms with Crippen molar-refractivity contribution in [1.29, 1.82) is 0 Å². The number of anilines is 1. The van der Waals surface area contributed by atoms with Crippen LogP contribution in [0.4, 0.5) is 18.9 Å². The summed E-state index contributed by atoms with van der Waals surface area (Å²) < 4.78 is 45.9. The minimum atomic E-state index is -4.87. The van der Waals surface area contributed by atoms with E-state index in [2.05, 4.69) is 10.1 Å². The zero-order chi connectivity index (χ0) is 19.2. The van der Waals surface area contributed by atoms with Gasteiger partial charge in [0, 0.05) is 18.4 Å². The van der Waals surface area contributed by atoms with Crippen LogP contribution >= 0.6 is 0 Å². The Balaban J connectivity index is 1.93. The molecule has 0 saturated heterocycles. The SMILES string of the molecule is COc1ccc(C(=O)CCC(=O)Nc2ccccc2OC(F)(F)F)cc1. The first-order valence-electron chi connectivity index (χ1n) is 7.60. The van der Waals surface area contributed by atoms with Crippen molar-refractivity contribution in [3.63, 3.8) is 0 Å². The molecule has 0 fully saturated rings. The van der Waals surface area contributed by atoms with Crippen molar-refractivity contribution >= 4 is 17.4 Å². The van der Waals surface area contributed by atoms with E-state index in [0.717, 1.165) is 6.07 Å². The minimum Gasteiger partial charge on any atom is -0.497 e. The molecule has 1 amide bonds. The number of nitrogens with one attached hydrogen (secondary N) is 1. The van der Waals surface area contributed by atoms with Gasteiger partial charge in [0.15, 0.2) is 11.5 Å². The van der Waals surface area contributed by atoms with E-state index in [4.69, 9.17) is 4.74 Å². The molecule has 26 heavy (non-hydrogen) atoms. The largest absolute Gasteiger partial charge is 0.573 e. The summed E-state index contributed by atoms with van der Waals surface area (Å²) in [6.07, 6.45) is -5.13. The van der Waals surface area contributed by atoms with Gasteiger partial charge in [-0.3, -0.25) is 9.59 Å².